The summed E-state index contributed by atoms with van der Waals surface area (Å²) in [6.07, 6.45) is 4.86. The van der Waals surface area contributed by atoms with E-state index >= 15 is 0 Å². The number of carbonyl (C=O) groups excluding carboxylic acids is 3. The Morgan fingerprint density at radius 2 is 2.00 bits per heavy atom. The van der Waals surface area contributed by atoms with E-state index in [0.29, 0.717) is 35.9 Å². The predicted molar refractivity (Wildman–Crippen MR) is 141 cm³/mol. The number of H-pyrrole nitrogens is 1. The third-order valence-corrected chi connectivity index (χ3v) is 7.35. The van der Waals surface area contributed by atoms with Crippen LogP contribution in [0.3, 0.4) is 0 Å². The molecule has 4 rings (SSSR count). The van der Waals surface area contributed by atoms with Crippen LogP contribution < -0.4 is 10.6 Å². The number of aryl methyl sites for hydroxylation is 1. The molecule has 1 aromatic heterocycles. The third kappa shape index (κ3) is 6.96. The summed E-state index contributed by atoms with van der Waals surface area (Å²) in [5, 5.41) is 13.7. The summed E-state index contributed by atoms with van der Waals surface area (Å²) in [6.45, 7) is 5.68. The van der Waals surface area contributed by atoms with Gasteiger partial charge in [0.25, 0.3) is 0 Å². The summed E-state index contributed by atoms with van der Waals surface area (Å²) < 4.78 is 5.40. The molecule has 2 heterocycles. The number of hydrogen-bond acceptors (Lipinski definition) is 5. The first-order valence-electron chi connectivity index (χ1n) is 12.6. The van der Waals surface area contributed by atoms with Gasteiger partial charge in [-0.05, 0) is 76.1 Å². The minimum absolute atomic E-state index is 0.0120. The van der Waals surface area contributed by atoms with Gasteiger partial charge in [-0.25, -0.2) is 4.79 Å². The Morgan fingerprint density at radius 1 is 1.22 bits per heavy atom. The van der Waals surface area contributed by atoms with Gasteiger partial charge in [0.2, 0.25) is 11.8 Å². The predicted octanol–water partition coefficient (Wildman–Crippen LogP) is 3.82. The third-order valence-electron chi connectivity index (χ3n) is 6.61. The summed E-state index contributed by atoms with van der Waals surface area (Å²) in [5.41, 5.74) is 2.22. The van der Waals surface area contributed by atoms with E-state index in [2.05, 4.69) is 20.8 Å². The number of aromatic amines is 1. The SMILES string of the molecule is CC(C)(C)OC(=O)NC(Cc1ccc(Cl)c(Cl)c1)C(=O)N1CCCC1C(=O)NC1CCc2[nH]ncc2C1. The minimum Gasteiger partial charge on any atom is -0.444 e. The Kier molecular flexibility index (Phi) is 8.33. The molecular formula is C26H33Cl2N5O4. The number of halogens is 2. The molecule has 11 heteroatoms. The lowest BCUT2D eigenvalue weighted by atomic mass is 9.93. The fraction of sp³-hybridized carbons (Fsp3) is 0.538. The van der Waals surface area contributed by atoms with Gasteiger partial charge in [0.05, 0.1) is 16.2 Å². The van der Waals surface area contributed by atoms with Crippen molar-refractivity contribution in [1.29, 1.82) is 0 Å². The van der Waals surface area contributed by atoms with Crippen LogP contribution in [0.5, 0.6) is 0 Å². The molecule has 2 aliphatic rings. The maximum Gasteiger partial charge on any atom is 0.408 e. The molecule has 1 aromatic carbocycles. The van der Waals surface area contributed by atoms with Crippen LogP contribution in [-0.2, 0) is 33.6 Å². The second kappa shape index (κ2) is 11.3. The van der Waals surface area contributed by atoms with Crippen LogP contribution in [0.4, 0.5) is 4.79 Å². The highest BCUT2D eigenvalue weighted by Gasteiger charge is 2.39. The molecule has 37 heavy (non-hydrogen) atoms. The molecule has 3 N–H and O–H groups in total. The maximum atomic E-state index is 13.7. The van der Waals surface area contributed by atoms with E-state index in [-0.39, 0.29) is 24.3 Å². The van der Waals surface area contributed by atoms with Crippen LogP contribution in [0.1, 0.15) is 56.9 Å². The molecule has 200 valence electrons. The van der Waals surface area contributed by atoms with Crippen molar-refractivity contribution in [2.24, 2.45) is 0 Å². The molecule has 9 nitrogen and oxygen atoms in total. The summed E-state index contributed by atoms with van der Waals surface area (Å²) >= 11 is 12.2. The van der Waals surface area contributed by atoms with Gasteiger partial charge in [-0.3, -0.25) is 14.7 Å². The Hall–Kier alpha value is -2.78. The van der Waals surface area contributed by atoms with Crippen LogP contribution in [0.15, 0.2) is 24.4 Å². The van der Waals surface area contributed by atoms with Gasteiger partial charge in [0, 0.05) is 24.7 Å². The number of nitrogens with one attached hydrogen (secondary N) is 3. The van der Waals surface area contributed by atoms with Crippen molar-refractivity contribution < 1.29 is 19.1 Å². The lowest BCUT2D eigenvalue weighted by Gasteiger charge is -2.31. The average molecular weight is 550 g/mol. The molecule has 1 aliphatic heterocycles. The smallest absolute Gasteiger partial charge is 0.408 e. The number of aromatic nitrogens is 2. The first-order chi connectivity index (χ1) is 17.5. The van der Waals surface area contributed by atoms with Crippen molar-refractivity contribution in [3.63, 3.8) is 0 Å². The molecule has 1 aliphatic carbocycles. The molecule has 3 unspecified atom stereocenters. The number of rotatable bonds is 6. The number of nitrogens with zero attached hydrogens (tertiary/aromatic N) is 2. The summed E-state index contributed by atoms with van der Waals surface area (Å²) in [4.78, 5) is 41.2. The first kappa shape index (κ1) is 27.3. The Balaban J connectivity index is 1.47. The number of ether oxygens (including phenoxy) is 1. The number of carbonyl (C=O) groups is 3. The normalized spacial score (nSPS) is 20.2. The zero-order chi connectivity index (χ0) is 26.7. The van der Waals surface area contributed by atoms with Crippen LogP contribution in [0.2, 0.25) is 10.0 Å². The molecule has 3 amide bonds. The van der Waals surface area contributed by atoms with Crippen LogP contribution in [-0.4, -0.2) is 63.3 Å². The number of likely N-dealkylation sites (tertiary alicyclic amines) is 1. The Morgan fingerprint density at radius 3 is 2.73 bits per heavy atom. The largest absolute Gasteiger partial charge is 0.444 e. The second-order valence-electron chi connectivity index (χ2n) is 10.7. The van der Waals surface area contributed by atoms with Gasteiger partial charge in [0.1, 0.15) is 17.7 Å². The van der Waals surface area contributed by atoms with Gasteiger partial charge in [-0.2, -0.15) is 5.10 Å². The molecule has 2 aromatic rings. The van der Waals surface area contributed by atoms with Crippen LogP contribution >= 0.6 is 23.2 Å². The molecule has 0 radical (unpaired) electrons. The molecule has 0 saturated carbocycles. The summed E-state index contributed by atoms with van der Waals surface area (Å²) in [6, 6.07) is 3.52. The molecule has 0 bridgehead atoms. The van der Waals surface area contributed by atoms with E-state index in [4.69, 9.17) is 27.9 Å². The lowest BCUT2D eigenvalue weighted by Crippen LogP contribution is -2.55. The lowest BCUT2D eigenvalue weighted by molar-refractivity contribution is -0.140. The number of amides is 3. The molecule has 3 atom stereocenters. The zero-order valence-corrected chi connectivity index (χ0v) is 22.8. The molecule has 1 saturated heterocycles. The number of benzene rings is 1. The first-order valence-corrected chi connectivity index (χ1v) is 13.3. The van der Waals surface area contributed by atoms with Crippen LogP contribution in [0.25, 0.3) is 0 Å². The standard InChI is InChI=1S/C26H33Cl2N5O4/c1-26(2,3)37-25(36)31-21(12-15-6-8-18(27)19(28)11-15)24(35)33-10-4-5-22(33)23(34)30-17-7-9-20-16(13-17)14-29-32-20/h6,8,11,14,17,21-22H,4-5,7,9-10,12-13H2,1-3H3,(H,29,32)(H,30,34)(H,31,36). The zero-order valence-electron chi connectivity index (χ0n) is 21.3. The molecule has 1 fully saturated rings. The highest BCUT2D eigenvalue weighted by Crippen LogP contribution is 2.25. The van der Waals surface area contributed by atoms with Crippen molar-refractivity contribution in [2.75, 3.05) is 6.54 Å². The Labute approximate surface area is 226 Å². The van der Waals surface area contributed by atoms with Crippen molar-refractivity contribution in [3.8, 4) is 0 Å². The van der Waals surface area contributed by atoms with Gasteiger partial charge >= 0.3 is 6.09 Å². The maximum absolute atomic E-state index is 13.7. The number of hydrogen-bond donors (Lipinski definition) is 3. The van der Waals surface area contributed by atoms with E-state index in [1.165, 1.54) is 0 Å². The monoisotopic (exact) mass is 549 g/mol. The van der Waals surface area contributed by atoms with E-state index in [1.807, 2.05) is 0 Å². The minimum atomic E-state index is -0.941. The van der Waals surface area contributed by atoms with Crippen molar-refractivity contribution in [1.82, 2.24) is 25.7 Å². The topological polar surface area (TPSA) is 116 Å². The molecule has 0 spiro atoms. The highest BCUT2D eigenvalue weighted by atomic mass is 35.5. The van der Waals surface area contributed by atoms with Crippen LogP contribution in [0, 0.1) is 0 Å². The van der Waals surface area contributed by atoms with Gasteiger partial charge in [-0.15, -0.1) is 0 Å². The number of fused-ring (bicyclic) bond motifs is 1. The summed E-state index contributed by atoms with van der Waals surface area (Å²) in [7, 11) is 0. The van der Waals surface area contributed by atoms with E-state index in [1.54, 1.807) is 50.1 Å². The second-order valence-corrected chi connectivity index (χ2v) is 11.5. The van der Waals surface area contributed by atoms with Crippen molar-refractivity contribution in [3.05, 3.63) is 51.3 Å². The average Bonchev–Trinajstić information content (AvgIpc) is 3.48. The van der Waals surface area contributed by atoms with Gasteiger partial charge in [-0.1, -0.05) is 29.3 Å². The Bertz CT molecular complexity index is 1160. The fourth-order valence-corrected chi connectivity index (χ4v) is 5.21. The van der Waals surface area contributed by atoms with Crippen molar-refractivity contribution >= 4 is 41.1 Å². The quantitative estimate of drug-likeness (QED) is 0.506. The van der Waals surface area contributed by atoms with Gasteiger partial charge in [0.15, 0.2) is 0 Å². The fourth-order valence-electron chi connectivity index (χ4n) is 4.89. The van der Waals surface area contributed by atoms with E-state index in [9.17, 15) is 14.4 Å². The van der Waals surface area contributed by atoms with E-state index in [0.717, 1.165) is 29.7 Å². The molecular weight excluding hydrogens is 517 g/mol. The number of alkyl carbamates (subject to hydrolysis) is 1. The van der Waals surface area contributed by atoms with E-state index < -0.39 is 23.8 Å². The highest BCUT2D eigenvalue weighted by molar-refractivity contribution is 6.42. The summed E-state index contributed by atoms with van der Waals surface area (Å²) in [5.74, 6) is -0.510. The van der Waals surface area contributed by atoms with Gasteiger partial charge < -0.3 is 20.3 Å². The van der Waals surface area contributed by atoms with Crippen molar-refractivity contribution in [2.45, 2.75) is 83.0 Å².